The van der Waals surface area contributed by atoms with Gasteiger partial charge in [-0.25, -0.2) is 4.98 Å². The highest BCUT2D eigenvalue weighted by Crippen LogP contribution is 2.41. The van der Waals surface area contributed by atoms with Crippen molar-refractivity contribution in [3.63, 3.8) is 0 Å². The Bertz CT molecular complexity index is 1330. The lowest BCUT2D eigenvalue weighted by molar-refractivity contribution is -0.140. The van der Waals surface area contributed by atoms with Crippen molar-refractivity contribution in [2.45, 2.75) is 18.4 Å². The minimum Gasteiger partial charge on any atom is -0.465 e. The van der Waals surface area contributed by atoms with Crippen LogP contribution in [0.15, 0.2) is 59.0 Å². The number of hydrogen-bond acceptors (Lipinski definition) is 8. The average Bonchev–Trinajstić information content (AvgIpc) is 3.27. The fourth-order valence-corrected chi connectivity index (χ4v) is 5.87. The number of hydrogen-bond donors (Lipinski definition) is 0. The van der Waals surface area contributed by atoms with Gasteiger partial charge in [-0.15, -0.1) is 23.5 Å². The predicted molar refractivity (Wildman–Crippen MR) is 143 cm³/mol. The van der Waals surface area contributed by atoms with Gasteiger partial charge in [-0.3, -0.25) is 9.59 Å². The Hall–Kier alpha value is -2.68. The highest BCUT2D eigenvalue weighted by Gasteiger charge is 2.19. The summed E-state index contributed by atoms with van der Waals surface area (Å²) in [5.41, 5.74) is 3.19. The van der Waals surface area contributed by atoms with Crippen LogP contribution in [0.5, 0.6) is 0 Å². The van der Waals surface area contributed by atoms with Crippen LogP contribution in [-0.2, 0) is 19.1 Å². The molecule has 4 rings (SSSR count). The van der Waals surface area contributed by atoms with Gasteiger partial charge in [0.15, 0.2) is 5.76 Å². The molecule has 0 N–H and O–H groups in total. The number of ether oxygens (including phenoxy) is 2. The van der Waals surface area contributed by atoms with Gasteiger partial charge in [0, 0.05) is 15.8 Å². The van der Waals surface area contributed by atoms with E-state index in [0.717, 1.165) is 27.4 Å². The van der Waals surface area contributed by atoms with Crippen LogP contribution in [0, 0.1) is 0 Å². The van der Waals surface area contributed by atoms with Crippen LogP contribution in [0.25, 0.3) is 33.3 Å². The van der Waals surface area contributed by atoms with Crippen LogP contribution in [0.1, 0.15) is 24.0 Å². The molecular weight excluding hydrogens is 506 g/mol. The maximum atomic E-state index is 11.9. The number of fused-ring (bicyclic) bond motifs is 2. The maximum Gasteiger partial charge on any atom is 0.315 e. The molecule has 0 fully saturated rings. The molecule has 182 valence electrons. The molecule has 0 saturated carbocycles. The summed E-state index contributed by atoms with van der Waals surface area (Å²) in [6.07, 6.45) is 0. The summed E-state index contributed by atoms with van der Waals surface area (Å²) >= 11 is 8.97. The molecule has 0 aliphatic carbocycles. The average molecular weight is 530 g/mol. The van der Waals surface area contributed by atoms with Gasteiger partial charge in [0.1, 0.15) is 11.3 Å². The van der Waals surface area contributed by atoms with E-state index in [0.29, 0.717) is 29.7 Å². The number of esters is 2. The summed E-state index contributed by atoms with van der Waals surface area (Å²) in [5.74, 6) is 0.454. The Morgan fingerprint density at radius 2 is 1.60 bits per heavy atom. The summed E-state index contributed by atoms with van der Waals surface area (Å²) in [4.78, 5) is 28.6. The van der Waals surface area contributed by atoms with Gasteiger partial charge >= 0.3 is 11.9 Å². The number of carbonyl (C=O) groups excluding carboxylic acids is 2. The molecule has 0 bridgehead atoms. The summed E-state index contributed by atoms with van der Waals surface area (Å²) < 4.78 is 16.0. The molecule has 2 aromatic heterocycles. The molecule has 0 spiro atoms. The van der Waals surface area contributed by atoms with Crippen molar-refractivity contribution in [3.8, 4) is 11.5 Å². The lowest BCUT2D eigenvalue weighted by Gasteiger charge is -2.16. The van der Waals surface area contributed by atoms with E-state index in [1.165, 1.54) is 23.5 Å². The Morgan fingerprint density at radius 1 is 0.914 bits per heavy atom. The first-order valence-electron chi connectivity index (χ1n) is 11.1. The number of aromatic nitrogens is 1. The van der Waals surface area contributed by atoms with Gasteiger partial charge in [0.2, 0.25) is 0 Å². The second kappa shape index (κ2) is 11.8. The molecule has 2 heterocycles. The topological polar surface area (TPSA) is 78.6 Å². The highest BCUT2D eigenvalue weighted by molar-refractivity contribution is 8.16. The number of nitrogens with zero attached hydrogens (tertiary/aromatic N) is 1. The number of carbonyl (C=O) groups is 2. The molecule has 0 radical (unpaired) electrons. The van der Waals surface area contributed by atoms with Crippen molar-refractivity contribution in [3.05, 3.63) is 65.2 Å². The van der Waals surface area contributed by atoms with Crippen LogP contribution in [0.4, 0.5) is 0 Å². The SMILES string of the molecule is CCOC(=O)CSC(SCC(=O)OCC)c1ccc2oc(-c3ccc4ccc(Cl)cc4n3)cc2c1. The maximum absolute atomic E-state index is 11.9. The fraction of sp³-hybridized carbons (Fsp3) is 0.269. The first-order chi connectivity index (χ1) is 17.0. The number of furan rings is 1. The highest BCUT2D eigenvalue weighted by atomic mass is 35.5. The molecule has 0 unspecified atom stereocenters. The Kier molecular flexibility index (Phi) is 8.59. The summed E-state index contributed by atoms with van der Waals surface area (Å²) in [5, 5.41) is 2.53. The molecule has 0 aliphatic heterocycles. The number of pyridine rings is 1. The smallest absolute Gasteiger partial charge is 0.315 e. The predicted octanol–water partition coefficient (Wildman–Crippen LogP) is 6.89. The van der Waals surface area contributed by atoms with Crippen molar-refractivity contribution < 1.29 is 23.5 Å². The van der Waals surface area contributed by atoms with E-state index in [-0.39, 0.29) is 28.0 Å². The Labute approximate surface area is 216 Å². The summed E-state index contributed by atoms with van der Waals surface area (Å²) in [6.45, 7) is 4.22. The lowest BCUT2D eigenvalue weighted by atomic mass is 10.1. The zero-order valence-electron chi connectivity index (χ0n) is 19.3. The normalized spacial score (nSPS) is 11.3. The molecule has 0 amide bonds. The number of benzene rings is 2. The molecule has 6 nitrogen and oxygen atoms in total. The molecule has 0 atom stereocenters. The molecule has 0 saturated heterocycles. The van der Waals surface area contributed by atoms with Crippen LogP contribution in [0.2, 0.25) is 5.02 Å². The van der Waals surface area contributed by atoms with Gasteiger partial charge in [-0.05, 0) is 55.8 Å². The third-order valence-electron chi connectivity index (χ3n) is 5.03. The standard InChI is InChI=1S/C26H24ClNO5S2/c1-3-31-24(29)14-34-26(35-15-25(30)32-4-2)17-7-10-22-18(11-17)12-23(33-22)20-9-6-16-5-8-19(27)13-21(16)28-20/h5-13,26H,3-4,14-15H2,1-2H3. The van der Waals surface area contributed by atoms with Gasteiger partial charge in [0.25, 0.3) is 0 Å². The molecule has 35 heavy (non-hydrogen) atoms. The second-order valence-electron chi connectivity index (χ2n) is 7.51. The van der Waals surface area contributed by atoms with Crippen molar-refractivity contribution >= 4 is 68.9 Å². The zero-order valence-corrected chi connectivity index (χ0v) is 21.7. The van der Waals surface area contributed by atoms with Crippen molar-refractivity contribution in [1.82, 2.24) is 4.98 Å². The van der Waals surface area contributed by atoms with Crippen LogP contribution in [0.3, 0.4) is 0 Å². The van der Waals surface area contributed by atoms with Crippen molar-refractivity contribution in [2.24, 2.45) is 0 Å². The van der Waals surface area contributed by atoms with Crippen LogP contribution < -0.4 is 0 Å². The van der Waals surface area contributed by atoms with Crippen molar-refractivity contribution in [2.75, 3.05) is 24.7 Å². The third kappa shape index (κ3) is 6.51. The van der Waals surface area contributed by atoms with Crippen LogP contribution in [-0.4, -0.2) is 41.6 Å². The lowest BCUT2D eigenvalue weighted by Crippen LogP contribution is -2.10. The van der Waals surface area contributed by atoms with E-state index in [2.05, 4.69) is 0 Å². The summed E-state index contributed by atoms with van der Waals surface area (Å²) in [6, 6.07) is 17.3. The largest absolute Gasteiger partial charge is 0.465 e. The molecule has 0 aliphatic rings. The zero-order chi connectivity index (χ0) is 24.8. The van der Waals surface area contributed by atoms with E-state index < -0.39 is 0 Å². The fourth-order valence-electron chi connectivity index (χ4n) is 3.50. The van der Waals surface area contributed by atoms with E-state index in [1.54, 1.807) is 13.8 Å². The Morgan fingerprint density at radius 3 is 2.29 bits per heavy atom. The third-order valence-corrected chi connectivity index (χ3v) is 8.04. The number of halogens is 1. The van der Waals surface area contributed by atoms with Crippen LogP contribution >= 0.6 is 35.1 Å². The number of thioether (sulfide) groups is 2. The van der Waals surface area contributed by atoms with E-state index in [1.807, 2.05) is 54.6 Å². The van der Waals surface area contributed by atoms with Gasteiger partial charge in [0.05, 0.1) is 34.8 Å². The van der Waals surface area contributed by atoms with Gasteiger partial charge in [-0.2, -0.15) is 0 Å². The quantitative estimate of drug-likeness (QED) is 0.162. The van der Waals surface area contributed by atoms with Gasteiger partial charge < -0.3 is 13.9 Å². The molecule has 9 heteroatoms. The second-order valence-corrected chi connectivity index (χ2v) is 10.4. The molecule has 2 aromatic carbocycles. The number of rotatable bonds is 10. The minimum atomic E-state index is -0.284. The van der Waals surface area contributed by atoms with E-state index in [4.69, 9.17) is 30.5 Å². The molecule has 4 aromatic rings. The molecular formula is C26H24ClNO5S2. The first-order valence-corrected chi connectivity index (χ1v) is 13.6. The summed E-state index contributed by atoms with van der Waals surface area (Å²) in [7, 11) is 0. The minimum absolute atomic E-state index is 0.160. The van der Waals surface area contributed by atoms with E-state index >= 15 is 0 Å². The van der Waals surface area contributed by atoms with E-state index in [9.17, 15) is 9.59 Å². The Balaban J connectivity index is 1.60. The van der Waals surface area contributed by atoms with Crippen molar-refractivity contribution in [1.29, 1.82) is 0 Å². The monoisotopic (exact) mass is 529 g/mol. The first kappa shape index (κ1) is 25.4. The van der Waals surface area contributed by atoms with Gasteiger partial charge in [-0.1, -0.05) is 29.8 Å².